The van der Waals surface area contributed by atoms with Crippen molar-refractivity contribution in [3.05, 3.63) is 22.4 Å². The molecule has 0 aliphatic carbocycles. The summed E-state index contributed by atoms with van der Waals surface area (Å²) in [5.41, 5.74) is 0.856. The first-order chi connectivity index (χ1) is 9.92. The number of alkyl halides is 3. The largest absolute Gasteiger partial charge is 0.390 e. The SMILES string of the molecule is CCCCC1NC(c2ccsc2)N(CCC(F)(F)F)C1=O. The van der Waals surface area contributed by atoms with E-state index in [0.29, 0.717) is 6.42 Å². The number of carbonyl (C=O) groups excluding carboxylic acids is 1. The van der Waals surface area contributed by atoms with E-state index in [1.54, 1.807) is 0 Å². The Labute approximate surface area is 126 Å². The summed E-state index contributed by atoms with van der Waals surface area (Å²) < 4.78 is 37.3. The second-order valence-electron chi connectivity index (χ2n) is 5.22. The standard InChI is InChI=1S/C14H19F3N2OS/c1-2-3-4-11-13(20)19(7-6-14(15,16)17)12(18-11)10-5-8-21-9-10/h5,8-9,11-12,18H,2-4,6-7H2,1H3. The Morgan fingerprint density at radius 2 is 2.19 bits per heavy atom. The lowest BCUT2D eigenvalue weighted by Gasteiger charge is -2.24. The Hall–Kier alpha value is -1.08. The third kappa shape index (κ3) is 4.20. The zero-order chi connectivity index (χ0) is 15.5. The Bertz CT molecular complexity index is 461. The number of rotatable bonds is 6. The smallest absolute Gasteiger partial charge is 0.321 e. The molecule has 1 aliphatic rings. The van der Waals surface area contributed by atoms with E-state index in [4.69, 9.17) is 0 Å². The van der Waals surface area contributed by atoms with Crippen LogP contribution in [0.1, 0.15) is 44.3 Å². The summed E-state index contributed by atoms with van der Waals surface area (Å²) in [6.45, 7) is 1.73. The van der Waals surface area contributed by atoms with Gasteiger partial charge >= 0.3 is 6.18 Å². The van der Waals surface area contributed by atoms with E-state index in [9.17, 15) is 18.0 Å². The lowest BCUT2D eigenvalue weighted by atomic mass is 10.1. The molecule has 1 saturated heterocycles. The van der Waals surface area contributed by atoms with Crippen molar-refractivity contribution in [2.45, 2.75) is 51.0 Å². The monoisotopic (exact) mass is 320 g/mol. The molecular weight excluding hydrogens is 301 g/mol. The maximum Gasteiger partial charge on any atom is 0.390 e. The van der Waals surface area contributed by atoms with Crippen LogP contribution >= 0.6 is 11.3 Å². The Morgan fingerprint density at radius 1 is 1.43 bits per heavy atom. The van der Waals surface area contributed by atoms with Gasteiger partial charge in [0.15, 0.2) is 0 Å². The van der Waals surface area contributed by atoms with Crippen molar-refractivity contribution in [2.75, 3.05) is 6.54 Å². The fourth-order valence-electron chi connectivity index (χ4n) is 2.49. The van der Waals surface area contributed by atoms with Crippen LogP contribution in [0.2, 0.25) is 0 Å². The molecule has 0 saturated carbocycles. The third-order valence-corrected chi connectivity index (χ3v) is 4.29. The van der Waals surface area contributed by atoms with Crippen LogP contribution in [0, 0.1) is 0 Å². The molecule has 1 N–H and O–H groups in total. The number of halogens is 3. The van der Waals surface area contributed by atoms with Gasteiger partial charge in [0.2, 0.25) is 5.91 Å². The summed E-state index contributed by atoms with van der Waals surface area (Å²) in [6, 6.07) is 1.47. The van der Waals surface area contributed by atoms with E-state index in [-0.39, 0.29) is 18.5 Å². The molecule has 0 spiro atoms. The normalized spacial score (nSPS) is 23.0. The minimum atomic E-state index is -4.25. The van der Waals surface area contributed by atoms with Crippen LogP contribution in [0.15, 0.2) is 16.8 Å². The van der Waals surface area contributed by atoms with Gasteiger partial charge in [-0.05, 0) is 28.8 Å². The van der Waals surface area contributed by atoms with Crippen molar-refractivity contribution >= 4 is 17.2 Å². The van der Waals surface area contributed by atoms with Gasteiger partial charge in [0.05, 0.1) is 12.5 Å². The highest BCUT2D eigenvalue weighted by atomic mass is 32.1. The van der Waals surface area contributed by atoms with Crippen LogP contribution in [0.5, 0.6) is 0 Å². The average molecular weight is 320 g/mol. The molecule has 2 unspecified atom stereocenters. The van der Waals surface area contributed by atoms with Gasteiger partial charge < -0.3 is 4.90 Å². The highest BCUT2D eigenvalue weighted by molar-refractivity contribution is 7.07. The molecule has 2 atom stereocenters. The molecule has 1 aromatic rings. The number of hydrogen-bond acceptors (Lipinski definition) is 3. The Morgan fingerprint density at radius 3 is 2.76 bits per heavy atom. The molecule has 2 heterocycles. The second kappa shape index (κ2) is 6.79. The molecule has 21 heavy (non-hydrogen) atoms. The molecule has 1 amide bonds. The quantitative estimate of drug-likeness (QED) is 0.867. The zero-order valence-electron chi connectivity index (χ0n) is 11.8. The van der Waals surface area contributed by atoms with Crippen LogP contribution in [0.3, 0.4) is 0 Å². The van der Waals surface area contributed by atoms with Gasteiger partial charge in [0.1, 0.15) is 6.17 Å². The second-order valence-corrected chi connectivity index (χ2v) is 6.00. The molecule has 1 fully saturated rings. The Kier molecular flexibility index (Phi) is 5.27. The molecule has 2 rings (SSSR count). The molecule has 1 aromatic heterocycles. The number of unbranched alkanes of at least 4 members (excludes halogenated alkanes) is 1. The number of hydrogen-bond donors (Lipinski definition) is 1. The highest BCUT2D eigenvalue weighted by Gasteiger charge is 2.41. The van der Waals surface area contributed by atoms with Gasteiger partial charge in [0, 0.05) is 6.54 Å². The van der Waals surface area contributed by atoms with Crippen molar-refractivity contribution < 1.29 is 18.0 Å². The van der Waals surface area contributed by atoms with Gasteiger partial charge in [-0.25, -0.2) is 0 Å². The van der Waals surface area contributed by atoms with E-state index in [0.717, 1.165) is 18.4 Å². The summed E-state index contributed by atoms with van der Waals surface area (Å²) in [5, 5.41) is 6.91. The molecule has 0 bridgehead atoms. The average Bonchev–Trinajstić information content (AvgIpc) is 3.01. The number of nitrogens with zero attached hydrogens (tertiary/aromatic N) is 1. The van der Waals surface area contributed by atoms with E-state index in [1.165, 1.54) is 16.2 Å². The first kappa shape index (κ1) is 16.3. The van der Waals surface area contributed by atoms with E-state index >= 15 is 0 Å². The molecule has 7 heteroatoms. The van der Waals surface area contributed by atoms with Crippen molar-refractivity contribution in [2.24, 2.45) is 0 Å². The summed E-state index contributed by atoms with van der Waals surface area (Å²) in [7, 11) is 0. The number of nitrogens with one attached hydrogen (secondary N) is 1. The molecule has 0 aromatic carbocycles. The van der Waals surface area contributed by atoms with Gasteiger partial charge in [0.25, 0.3) is 0 Å². The predicted molar refractivity (Wildman–Crippen MR) is 75.9 cm³/mol. The van der Waals surface area contributed by atoms with Crippen LogP contribution in [-0.4, -0.2) is 29.6 Å². The minimum Gasteiger partial charge on any atom is -0.321 e. The number of thiophene rings is 1. The van der Waals surface area contributed by atoms with Gasteiger partial charge in [-0.3, -0.25) is 10.1 Å². The van der Waals surface area contributed by atoms with Crippen LogP contribution in [0.4, 0.5) is 13.2 Å². The van der Waals surface area contributed by atoms with Gasteiger partial charge in [-0.2, -0.15) is 24.5 Å². The third-order valence-electron chi connectivity index (χ3n) is 3.59. The predicted octanol–water partition coefficient (Wildman–Crippen LogP) is 3.69. The molecule has 118 valence electrons. The van der Waals surface area contributed by atoms with Crippen LogP contribution < -0.4 is 5.32 Å². The van der Waals surface area contributed by atoms with Crippen LogP contribution in [-0.2, 0) is 4.79 Å². The minimum absolute atomic E-state index is 0.219. The first-order valence-electron chi connectivity index (χ1n) is 7.07. The van der Waals surface area contributed by atoms with Crippen molar-refractivity contribution in [1.29, 1.82) is 0 Å². The van der Waals surface area contributed by atoms with Crippen LogP contribution in [0.25, 0.3) is 0 Å². The fraction of sp³-hybridized carbons (Fsp3) is 0.643. The van der Waals surface area contributed by atoms with E-state index < -0.39 is 18.8 Å². The van der Waals surface area contributed by atoms with E-state index in [2.05, 4.69) is 5.32 Å². The summed E-state index contributed by atoms with van der Waals surface area (Å²) >= 11 is 1.47. The Balaban J connectivity index is 2.10. The maximum absolute atomic E-state index is 12.4. The topological polar surface area (TPSA) is 32.3 Å². The number of amides is 1. The molecule has 3 nitrogen and oxygen atoms in total. The van der Waals surface area contributed by atoms with E-state index in [1.807, 2.05) is 23.8 Å². The van der Waals surface area contributed by atoms with Crippen molar-refractivity contribution in [3.8, 4) is 0 Å². The molecule has 1 aliphatic heterocycles. The molecule has 0 radical (unpaired) electrons. The van der Waals surface area contributed by atoms with Crippen molar-refractivity contribution in [3.63, 3.8) is 0 Å². The lowest BCUT2D eigenvalue weighted by molar-refractivity contribution is -0.145. The first-order valence-corrected chi connectivity index (χ1v) is 8.02. The molecular formula is C14H19F3N2OS. The summed E-state index contributed by atoms with van der Waals surface area (Å²) in [5.74, 6) is -0.219. The fourth-order valence-corrected chi connectivity index (χ4v) is 3.17. The lowest BCUT2D eigenvalue weighted by Crippen LogP contribution is -2.34. The summed E-state index contributed by atoms with van der Waals surface area (Å²) in [4.78, 5) is 13.7. The zero-order valence-corrected chi connectivity index (χ0v) is 12.6. The maximum atomic E-state index is 12.4. The summed E-state index contributed by atoms with van der Waals surface area (Å²) in [6.07, 6.45) is -3.15. The van der Waals surface area contributed by atoms with Gasteiger partial charge in [-0.1, -0.05) is 19.8 Å². The number of carbonyl (C=O) groups is 1. The van der Waals surface area contributed by atoms with Gasteiger partial charge in [-0.15, -0.1) is 0 Å². The van der Waals surface area contributed by atoms with Crippen molar-refractivity contribution in [1.82, 2.24) is 10.2 Å². The highest BCUT2D eigenvalue weighted by Crippen LogP contribution is 2.30.